The molecular formula is C12H7Cl2F. The molecule has 0 bridgehead atoms. The third kappa shape index (κ3) is 1.99. The highest BCUT2D eigenvalue weighted by atomic mass is 35.5. The van der Waals surface area contributed by atoms with Crippen molar-refractivity contribution in [2.24, 2.45) is 0 Å². The van der Waals surface area contributed by atoms with Gasteiger partial charge in [0.1, 0.15) is 4.49 Å². The van der Waals surface area contributed by atoms with E-state index < -0.39 is 5.83 Å². The van der Waals surface area contributed by atoms with E-state index >= 15 is 0 Å². The fourth-order valence-electron chi connectivity index (χ4n) is 1.52. The van der Waals surface area contributed by atoms with Crippen LogP contribution in [0.2, 0.25) is 0 Å². The predicted octanol–water partition coefficient (Wildman–Crippen LogP) is 4.91. The molecule has 0 fully saturated rings. The second kappa shape index (κ2) is 4.21. The Bertz CT molecular complexity index is 523. The zero-order valence-electron chi connectivity index (χ0n) is 7.68. The topological polar surface area (TPSA) is 0 Å². The van der Waals surface area contributed by atoms with E-state index in [1.54, 1.807) is 12.1 Å². The molecule has 3 heteroatoms. The van der Waals surface area contributed by atoms with Crippen LogP contribution in [-0.2, 0) is 0 Å². The lowest BCUT2D eigenvalue weighted by Crippen LogP contribution is -1.82. The zero-order chi connectivity index (χ0) is 10.8. The molecule has 0 aromatic heterocycles. The van der Waals surface area contributed by atoms with Crippen LogP contribution in [-0.4, -0.2) is 0 Å². The summed E-state index contributed by atoms with van der Waals surface area (Å²) in [5.41, 5.74) is 0.424. The lowest BCUT2D eigenvalue weighted by Gasteiger charge is -2.03. The van der Waals surface area contributed by atoms with Crippen LogP contribution in [0, 0.1) is 0 Å². The summed E-state index contributed by atoms with van der Waals surface area (Å²) in [7, 11) is 0. The lowest BCUT2D eigenvalue weighted by molar-refractivity contribution is 0.762. The summed E-state index contributed by atoms with van der Waals surface area (Å²) >= 11 is 10.9. The van der Waals surface area contributed by atoms with Gasteiger partial charge in [0, 0.05) is 5.56 Å². The number of halogens is 3. The van der Waals surface area contributed by atoms with E-state index in [1.165, 1.54) is 0 Å². The summed E-state index contributed by atoms with van der Waals surface area (Å²) in [6.07, 6.45) is 0. The Morgan fingerprint density at radius 1 is 0.933 bits per heavy atom. The van der Waals surface area contributed by atoms with Crippen molar-refractivity contribution in [3.63, 3.8) is 0 Å². The summed E-state index contributed by atoms with van der Waals surface area (Å²) < 4.78 is 13.3. The fraction of sp³-hybridized carbons (Fsp3) is 0. The van der Waals surface area contributed by atoms with E-state index in [0.717, 1.165) is 10.8 Å². The van der Waals surface area contributed by atoms with Gasteiger partial charge in [0.25, 0.3) is 0 Å². The lowest BCUT2D eigenvalue weighted by atomic mass is 10.0. The Kier molecular flexibility index (Phi) is 2.94. The average Bonchev–Trinajstić information content (AvgIpc) is 2.27. The molecule has 0 N–H and O–H groups in total. The molecular weight excluding hydrogens is 234 g/mol. The van der Waals surface area contributed by atoms with Gasteiger partial charge in [0.15, 0.2) is 5.83 Å². The smallest absolute Gasteiger partial charge is 0.161 e. The maximum Gasteiger partial charge on any atom is 0.161 e. The number of benzene rings is 2. The summed E-state index contributed by atoms with van der Waals surface area (Å²) in [5.74, 6) is -0.588. The molecule has 76 valence electrons. The maximum absolute atomic E-state index is 13.6. The average molecular weight is 241 g/mol. The SMILES string of the molecule is FC(=C(Cl)Cl)c1cccc2ccccc12. The van der Waals surface area contributed by atoms with Gasteiger partial charge >= 0.3 is 0 Å². The van der Waals surface area contributed by atoms with Gasteiger partial charge in [-0.3, -0.25) is 0 Å². The monoisotopic (exact) mass is 240 g/mol. The molecule has 0 aliphatic carbocycles. The zero-order valence-corrected chi connectivity index (χ0v) is 9.19. The van der Waals surface area contributed by atoms with Crippen molar-refractivity contribution in [1.82, 2.24) is 0 Å². The third-order valence-electron chi connectivity index (χ3n) is 2.19. The van der Waals surface area contributed by atoms with Crippen molar-refractivity contribution in [1.29, 1.82) is 0 Å². The summed E-state index contributed by atoms with van der Waals surface area (Å²) in [6.45, 7) is 0. The van der Waals surface area contributed by atoms with Crippen LogP contribution in [0.25, 0.3) is 16.6 Å². The predicted molar refractivity (Wildman–Crippen MR) is 63.7 cm³/mol. The Labute approximate surface area is 96.9 Å². The number of fused-ring (bicyclic) bond motifs is 1. The van der Waals surface area contributed by atoms with E-state index in [1.807, 2.05) is 30.3 Å². The molecule has 2 rings (SSSR count). The van der Waals surface area contributed by atoms with Crippen molar-refractivity contribution < 1.29 is 4.39 Å². The Morgan fingerprint density at radius 2 is 1.60 bits per heavy atom. The third-order valence-corrected chi connectivity index (χ3v) is 2.52. The quantitative estimate of drug-likeness (QED) is 0.665. The van der Waals surface area contributed by atoms with Gasteiger partial charge in [-0.25, -0.2) is 4.39 Å². The van der Waals surface area contributed by atoms with Gasteiger partial charge in [-0.15, -0.1) is 0 Å². The second-order valence-electron chi connectivity index (χ2n) is 3.10. The van der Waals surface area contributed by atoms with Gasteiger partial charge < -0.3 is 0 Å². The van der Waals surface area contributed by atoms with Crippen LogP contribution in [0.4, 0.5) is 4.39 Å². The summed E-state index contributed by atoms with van der Waals surface area (Å²) in [4.78, 5) is 0. The first kappa shape index (κ1) is 10.5. The van der Waals surface area contributed by atoms with Gasteiger partial charge in [-0.1, -0.05) is 65.7 Å². The minimum atomic E-state index is -0.588. The van der Waals surface area contributed by atoms with Gasteiger partial charge in [0.05, 0.1) is 0 Å². The number of rotatable bonds is 1. The van der Waals surface area contributed by atoms with Crippen LogP contribution < -0.4 is 0 Å². The van der Waals surface area contributed by atoms with Crippen LogP contribution >= 0.6 is 23.2 Å². The van der Waals surface area contributed by atoms with E-state index in [-0.39, 0.29) is 4.49 Å². The minimum Gasteiger partial charge on any atom is -0.204 e. The van der Waals surface area contributed by atoms with Crippen LogP contribution in [0.3, 0.4) is 0 Å². The highest BCUT2D eigenvalue weighted by Gasteiger charge is 2.08. The number of hydrogen-bond donors (Lipinski definition) is 0. The van der Waals surface area contributed by atoms with Crippen LogP contribution in [0.1, 0.15) is 5.56 Å². The maximum atomic E-state index is 13.6. The van der Waals surface area contributed by atoms with Crippen molar-refractivity contribution in [2.45, 2.75) is 0 Å². The molecule has 0 aliphatic heterocycles. The van der Waals surface area contributed by atoms with Crippen LogP contribution in [0.15, 0.2) is 47.0 Å². The Balaban J connectivity index is 2.77. The molecule has 0 nitrogen and oxygen atoms in total. The van der Waals surface area contributed by atoms with Crippen LogP contribution in [0.5, 0.6) is 0 Å². The Morgan fingerprint density at radius 3 is 2.33 bits per heavy atom. The number of hydrogen-bond acceptors (Lipinski definition) is 0. The minimum absolute atomic E-state index is 0.341. The van der Waals surface area contributed by atoms with Gasteiger partial charge in [-0.05, 0) is 10.8 Å². The van der Waals surface area contributed by atoms with Crippen molar-refractivity contribution >= 4 is 39.8 Å². The van der Waals surface area contributed by atoms with E-state index in [4.69, 9.17) is 23.2 Å². The molecule has 0 aliphatic rings. The van der Waals surface area contributed by atoms with E-state index in [2.05, 4.69) is 0 Å². The molecule has 0 saturated carbocycles. The fourth-order valence-corrected chi connectivity index (χ4v) is 1.72. The first-order valence-corrected chi connectivity index (χ1v) is 5.14. The van der Waals surface area contributed by atoms with Crippen molar-refractivity contribution in [2.75, 3.05) is 0 Å². The first-order valence-electron chi connectivity index (χ1n) is 4.39. The summed E-state index contributed by atoms with van der Waals surface area (Å²) in [5, 5.41) is 1.76. The molecule has 0 atom stereocenters. The molecule has 0 radical (unpaired) electrons. The summed E-state index contributed by atoms with van der Waals surface area (Å²) in [6, 6.07) is 12.8. The van der Waals surface area contributed by atoms with E-state index in [9.17, 15) is 4.39 Å². The molecule has 15 heavy (non-hydrogen) atoms. The van der Waals surface area contributed by atoms with E-state index in [0.29, 0.717) is 5.56 Å². The van der Waals surface area contributed by atoms with Crippen molar-refractivity contribution in [3.05, 3.63) is 52.5 Å². The van der Waals surface area contributed by atoms with Gasteiger partial charge in [-0.2, -0.15) is 0 Å². The Hall–Kier alpha value is -1.05. The molecule has 0 heterocycles. The van der Waals surface area contributed by atoms with Gasteiger partial charge in [0.2, 0.25) is 0 Å². The highest BCUT2D eigenvalue weighted by Crippen LogP contribution is 2.30. The normalized spacial score (nSPS) is 10.3. The molecule has 2 aromatic carbocycles. The largest absolute Gasteiger partial charge is 0.204 e. The standard InChI is InChI=1S/C12H7Cl2F/c13-12(14)11(15)10-7-3-5-8-4-1-2-6-9(8)10/h1-7H. The first-order chi connectivity index (χ1) is 7.20. The molecule has 0 unspecified atom stereocenters. The highest BCUT2D eigenvalue weighted by molar-refractivity contribution is 6.58. The molecule has 0 saturated heterocycles. The molecule has 0 spiro atoms. The molecule has 0 amide bonds. The van der Waals surface area contributed by atoms with Crippen molar-refractivity contribution in [3.8, 4) is 0 Å². The second-order valence-corrected chi connectivity index (χ2v) is 4.05. The molecule has 2 aromatic rings.